The van der Waals surface area contributed by atoms with Gasteiger partial charge in [-0.1, -0.05) is 18.2 Å². The molecular weight excluding hydrogens is 423 g/mol. The zero-order valence-corrected chi connectivity index (χ0v) is 17.4. The number of anilines is 1. The Hall–Kier alpha value is -0.820. The quantitative estimate of drug-likeness (QED) is 0.423. The maximum absolute atomic E-state index is 5.04. The van der Waals surface area contributed by atoms with E-state index in [9.17, 15) is 0 Å². The number of likely N-dealkylation sites (tertiary alicyclic amines) is 2. The summed E-state index contributed by atoms with van der Waals surface area (Å²) in [5.74, 6) is 1.83. The average Bonchev–Trinajstić information content (AvgIpc) is 3.39. The minimum absolute atomic E-state index is 0. The predicted octanol–water partition coefficient (Wildman–Crippen LogP) is 4.04. The van der Waals surface area contributed by atoms with Gasteiger partial charge in [0.2, 0.25) is 0 Å². The Morgan fingerprint density at radius 3 is 2.48 bits per heavy atom. The van der Waals surface area contributed by atoms with E-state index in [0.29, 0.717) is 0 Å². The molecule has 1 saturated carbocycles. The van der Waals surface area contributed by atoms with Crippen molar-refractivity contribution in [1.29, 1.82) is 0 Å². The van der Waals surface area contributed by atoms with Gasteiger partial charge in [-0.15, -0.1) is 24.0 Å². The normalized spacial score (nSPS) is 24.9. The fraction of sp³-hybridized carbons (Fsp3) is 0.650. The third-order valence-corrected chi connectivity index (χ3v) is 5.57. The van der Waals surface area contributed by atoms with Gasteiger partial charge in [0, 0.05) is 37.9 Å². The van der Waals surface area contributed by atoms with Crippen LogP contribution in [0.15, 0.2) is 35.3 Å². The molecule has 2 saturated heterocycles. The van der Waals surface area contributed by atoms with Gasteiger partial charge in [-0.3, -0.25) is 4.99 Å². The Morgan fingerprint density at radius 1 is 1.00 bits per heavy atom. The molecule has 3 aliphatic rings. The van der Waals surface area contributed by atoms with Crippen LogP contribution in [0.3, 0.4) is 0 Å². The van der Waals surface area contributed by atoms with E-state index in [4.69, 9.17) is 4.99 Å². The highest BCUT2D eigenvalue weighted by atomic mass is 127. The maximum atomic E-state index is 5.04. The Kier molecular flexibility index (Phi) is 6.99. The Bertz CT molecular complexity index is 552. The second-order valence-corrected chi connectivity index (χ2v) is 7.58. The average molecular weight is 454 g/mol. The van der Waals surface area contributed by atoms with Crippen molar-refractivity contribution < 1.29 is 0 Å². The third-order valence-electron chi connectivity index (χ3n) is 5.57. The molecule has 25 heavy (non-hydrogen) atoms. The van der Waals surface area contributed by atoms with Gasteiger partial charge in [0.05, 0.1) is 0 Å². The Morgan fingerprint density at radius 2 is 1.76 bits per heavy atom. The summed E-state index contributed by atoms with van der Waals surface area (Å²) in [5.41, 5.74) is 1.15. The number of para-hydroxylation sites is 1. The summed E-state index contributed by atoms with van der Waals surface area (Å²) in [6.07, 6.45) is 8.09. The summed E-state index contributed by atoms with van der Waals surface area (Å²) < 4.78 is 0. The van der Waals surface area contributed by atoms with Gasteiger partial charge in [0.15, 0.2) is 5.96 Å². The molecule has 0 radical (unpaired) electrons. The molecule has 1 N–H and O–H groups in total. The largest absolute Gasteiger partial charge is 0.343 e. The molecule has 3 fully saturated rings. The fourth-order valence-electron chi connectivity index (χ4n) is 3.97. The standard InChI is InChI=1S/C20H30N4.HI/c1-3-7-18(8-4-1)22-20(23-12-5-2-6-13-23)21-15-17-11-14-24(16-17)19-9-10-19;/h1,3-4,7-8,17,19H,2,5-6,9-16H2,(H,21,22);1H. The molecular formula is C20H31IN4. The molecule has 1 aromatic rings. The van der Waals surface area contributed by atoms with E-state index in [1.807, 2.05) is 0 Å². The molecule has 138 valence electrons. The highest BCUT2D eigenvalue weighted by Gasteiger charge is 2.34. The van der Waals surface area contributed by atoms with Crippen molar-refractivity contribution in [2.75, 3.05) is 38.0 Å². The van der Waals surface area contributed by atoms with Crippen molar-refractivity contribution in [3.63, 3.8) is 0 Å². The number of halogens is 1. The lowest BCUT2D eigenvalue weighted by atomic mass is 10.1. The van der Waals surface area contributed by atoms with Crippen LogP contribution in [-0.4, -0.2) is 54.5 Å². The van der Waals surface area contributed by atoms with Gasteiger partial charge in [-0.25, -0.2) is 0 Å². The monoisotopic (exact) mass is 454 g/mol. The first kappa shape index (κ1) is 19.0. The van der Waals surface area contributed by atoms with Crippen molar-refractivity contribution in [2.24, 2.45) is 10.9 Å². The van der Waals surface area contributed by atoms with E-state index < -0.39 is 0 Å². The number of aliphatic imine (C=N–C) groups is 1. The van der Waals surface area contributed by atoms with E-state index in [2.05, 4.69) is 45.4 Å². The second kappa shape index (κ2) is 9.21. The van der Waals surface area contributed by atoms with Crippen LogP contribution >= 0.6 is 24.0 Å². The molecule has 2 aliphatic heterocycles. The van der Waals surface area contributed by atoms with E-state index >= 15 is 0 Å². The van der Waals surface area contributed by atoms with Crippen LogP contribution < -0.4 is 5.32 Å². The van der Waals surface area contributed by atoms with Crippen molar-refractivity contribution in [2.45, 2.75) is 44.6 Å². The van der Waals surface area contributed by atoms with Crippen LogP contribution in [0.1, 0.15) is 38.5 Å². The van der Waals surface area contributed by atoms with Gasteiger partial charge in [0.25, 0.3) is 0 Å². The molecule has 2 heterocycles. The molecule has 1 atom stereocenters. The first-order valence-corrected chi connectivity index (χ1v) is 9.74. The lowest BCUT2D eigenvalue weighted by molar-refractivity contribution is 0.314. The number of guanidine groups is 1. The molecule has 0 spiro atoms. The van der Waals surface area contributed by atoms with Crippen LogP contribution in [0.4, 0.5) is 5.69 Å². The van der Waals surface area contributed by atoms with Crippen LogP contribution in [0, 0.1) is 5.92 Å². The SMILES string of the molecule is I.c1ccc(NC(=NCC2CCN(C3CC3)C2)N2CCCCC2)cc1. The topological polar surface area (TPSA) is 30.9 Å². The van der Waals surface area contributed by atoms with Crippen LogP contribution in [-0.2, 0) is 0 Å². The zero-order valence-electron chi connectivity index (χ0n) is 15.1. The molecule has 0 bridgehead atoms. The van der Waals surface area contributed by atoms with E-state index in [1.165, 1.54) is 51.6 Å². The Labute approximate surface area is 169 Å². The summed E-state index contributed by atoms with van der Waals surface area (Å²) in [6, 6.07) is 11.4. The number of rotatable bonds is 4. The minimum Gasteiger partial charge on any atom is -0.343 e. The summed E-state index contributed by atoms with van der Waals surface area (Å²) >= 11 is 0. The Balaban J connectivity index is 0.00000182. The number of nitrogens with zero attached hydrogens (tertiary/aromatic N) is 3. The summed E-state index contributed by atoms with van der Waals surface area (Å²) in [5, 5.41) is 3.58. The summed E-state index contributed by atoms with van der Waals surface area (Å²) in [7, 11) is 0. The van der Waals surface area contributed by atoms with E-state index in [-0.39, 0.29) is 24.0 Å². The number of hydrogen-bond acceptors (Lipinski definition) is 2. The summed E-state index contributed by atoms with van der Waals surface area (Å²) in [6.45, 7) is 5.78. The maximum Gasteiger partial charge on any atom is 0.198 e. The summed E-state index contributed by atoms with van der Waals surface area (Å²) in [4.78, 5) is 10.2. The zero-order chi connectivity index (χ0) is 16.2. The highest BCUT2D eigenvalue weighted by molar-refractivity contribution is 14.0. The molecule has 0 amide bonds. The first-order valence-electron chi connectivity index (χ1n) is 9.74. The smallest absolute Gasteiger partial charge is 0.198 e. The lowest BCUT2D eigenvalue weighted by Gasteiger charge is -2.30. The lowest BCUT2D eigenvalue weighted by Crippen LogP contribution is -2.40. The van der Waals surface area contributed by atoms with E-state index in [0.717, 1.165) is 43.2 Å². The molecule has 4 rings (SSSR count). The van der Waals surface area contributed by atoms with Crippen LogP contribution in [0.2, 0.25) is 0 Å². The van der Waals surface area contributed by atoms with Gasteiger partial charge in [-0.05, 0) is 63.1 Å². The first-order chi connectivity index (χ1) is 11.9. The number of hydrogen-bond donors (Lipinski definition) is 1. The van der Waals surface area contributed by atoms with Crippen molar-refractivity contribution in [3.8, 4) is 0 Å². The highest BCUT2D eigenvalue weighted by Crippen LogP contribution is 2.31. The second-order valence-electron chi connectivity index (χ2n) is 7.58. The molecule has 4 nitrogen and oxygen atoms in total. The van der Waals surface area contributed by atoms with Crippen molar-refractivity contribution in [3.05, 3.63) is 30.3 Å². The van der Waals surface area contributed by atoms with Gasteiger partial charge < -0.3 is 15.1 Å². The van der Waals surface area contributed by atoms with Crippen molar-refractivity contribution in [1.82, 2.24) is 9.80 Å². The number of nitrogens with one attached hydrogen (secondary N) is 1. The predicted molar refractivity (Wildman–Crippen MR) is 116 cm³/mol. The number of benzene rings is 1. The van der Waals surface area contributed by atoms with Gasteiger partial charge in [-0.2, -0.15) is 0 Å². The van der Waals surface area contributed by atoms with Crippen molar-refractivity contribution >= 4 is 35.6 Å². The fourth-order valence-corrected chi connectivity index (χ4v) is 3.97. The molecule has 5 heteroatoms. The molecule has 0 aromatic heterocycles. The number of piperidine rings is 1. The van der Waals surface area contributed by atoms with Gasteiger partial charge in [0.1, 0.15) is 0 Å². The van der Waals surface area contributed by atoms with Crippen LogP contribution in [0.5, 0.6) is 0 Å². The van der Waals surface area contributed by atoms with Gasteiger partial charge >= 0.3 is 0 Å². The third kappa shape index (κ3) is 5.33. The molecule has 1 aliphatic carbocycles. The van der Waals surface area contributed by atoms with Crippen LogP contribution in [0.25, 0.3) is 0 Å². The van der Waals surface area contributed by atoms with E-state index in [1.54, 1.807) is 0 Å². The molecule has 1 unspecified atom stereocenters. The minimum atomic E-state index is 0. The molecule has 1 aromatic carbocycles.